The molecule has 1 spiro atoms. The fraction of sp³-hybridized carbons (Fsp3) is 0.0270. The largest absolute Gasteiger partial charge is 0.0726 e. The van der Waals surface area contributed by atoms with Crippen molar-refractivity contribution < 1.29 is 0 Å². The van der Waals surface area contributed by atoms with E-state index in [0.717, 1.165) is 4.47 Å². The van der Waals surface area contributed by atoms with Crippen molar-refractivity contribution in [2.75, 3.05) is 0 Å². The van der Waals surface area contributed by atoms with Crippen LogP contribution in [0.5, 0.6) is 0 Å². The predicted molar refractivity (Wildman–Crippen MR) is 161 cm³/mol. The zero-order valence-corrected chi connectivity index (χ0v) is 22.2. The Labute approximate surface area is 231 Å². The predicted octanol–water partition coefficient (Wildman–Crippen LogP) is 10.1. The quantitative estimate of drug-likeness (QED) is 0.202. The second-order valence-electron chi connectivity index (χ2n) is 10.2. The highest BCUT2D eigenvalue weighted by Gasteiger charge is 2.52. The second kappa shape index (κ2) is 8.15. The second-order valence-corrected chi connectivity index (χ2v) is 11.1. The molecule has 0 N–H and O–H groups in total. The number of rotatable bonds is 2. The van der Waals surface area contributed by atoms with Gasteiger partial charge in [-0.3, -0.25) is 0 Å². The van der Waals surface area contributed by atoms with E-state index in [-0.39, 0.29) is 5.41 Å². The van der Waals surface area contributed by atoms with Gasteiger partial charge in [-0.15, -0.1) is 0 Å². The Morgan fingerprint density at radius 2 is 0.895 bits per heavy atom. The molecule has 0 aromatic heterocycles. The highest BCUT2D eigenvalue weighted by Crippen LogP contribution is 2.63. The topological polar surface area (TPSA) is 0 Å². The summed E-state index contributed by atoms with van der Waals surface area (Å²) in [5, 5.41) is 0. The molecule has 0 saturated carbocycles. The van der Waals surface area contributed by atoms with Crippen LogP contribution in [0.4, 0.5) is 0 Å². The van der Waals surface area contributed by atoms with Gasteiger partial charge >= 0.3 is 0 Å². The van der Waals surface area contributed by atoms with E-state index in [1.165, 1.54) is 66.8 Å². The van der Waals surface area contributed by atoms with Crippen LogP contribution in [0.2, 0.25) is 0 Å². The standard InChI is InChI=1S/C37H23Br/c38-35-16-8-15-33-36(35)30-12-5-7-14-32(30)37(33)31-13-6-4-11-28(31)29-22-21-27(23-34(29)37)26-19-17-25(18-20-26)24-9-2-1-3-10-24/h1-23H. The van der Waals surface area contributed by atoms with Crippen LogP contribution in [0.3, 0.4) is 0 Å². The Morgan fingerprint density at radius 1 is 0.368 bits per heavy atom. The highest BCUT2D eigenvalue weighted by atomic mass is 79.9. The third-order valence-corrected chi connectivity index (χ3v) is 9.05. The van der Waals surface area contributed by atoms with Gasteiger partial charge in [0.15, 0.2) is 0 Å². The lowest BCUT2D eigenvalue weighted by atomic mass is 9.70. The molecule has 0 saturated heterocycles. The van der Waals surface area contributed by atoms with Crippen LogP contribution < -0.4 is 0 Å². The first-order chi connectivity index (χ1) is 18.8. The summed E-state index contributed by atoms with van der Waals surface area (Å²) >= 11 is 3.90. The van der Waals surface area contributed by atoms with Gasteiger partial charge in [-0.1, -0.05) is 143 Å². The molecule has 6 aromatic rings. The van der Waals surface area contributed by atoms with Gasteiger partial charge in [0.25, 0.3) is 0 Å². The molecule has 6 aromatic carbocycles. The monoisotopic (exact) mass is 546 g/mol. The smallest absolute Gasteiger partial charge is 0.0622 e. The summed E-state index contributed by atoms with van der Waals surface area (Å²) in [7, 11) is 0. The molecule has 178 valence electrons. The van der Waals surface area contributed by atoms with Crippen molar-refractivity contribution >= 4 is 15.9 Å². The van der Waals surface area contributed by atoms with E-state index in [1.54, 1.807) is 0 Å². The summed E-state index contributed by atoms with van der Waals surface area (Å²) in [4.78, 5) is 0. The summed E-state index contributed by atoms with van der Waals surface area (Å²) in [5.41, 5.74) is 15.4. The molecule has 1 heteroatoms. The fourth-order valence-corrected chi connectivity index (χ4v) is 7.39. The van der Waals surface area contributed by atoms with Crippen LogP contribution in [0.1, 0.15) is 22.3 Å². The van der Waals surface area contributed by atoms with Crippen molar-refractivity contribution in [2.24, 2.45) is 0 Å². The molecule has 1 atom stereocenters. The van der Waals surface area contributed by atoms with Crippen molar-refractivity contribution in [3.05, 3.63) is 166 Å². The molecule has 0 heterocycles. The third-order valence-electron chi connectivity index (χ3n) is 8.39. The van der Waals surface area contributed by atoms with Gasteiger partial charge in [-0.05, 0) is 73.3 Å². The summed E-state index contributed by atoms with van der Waals surface area (Å²) in [6.45, 7) is 0. The average Bonchev–Trinajstić information content (AvgIpc) is 3.45. The van der Waals surface area contributed by atoms with E-state index >= 15 is 0 Å². The molecule has 0 bridgehead atoms. The Morgan fingerprint density at radius 3 is 1.66 bits per heavy atom. The zero-order chi connectivity index (χ0) is 25.3. The lowest BCUT2D eigenvalue weighted by Gasteiger charge is -2.30. The lowest BCUT2D eigenvalue weighted by molar-refractivity contribution is 0.794. The maximum atomic E-state index is 3.90. The minimum Gasteiger partial charge on any atom is -0.0622 e. The molecule has 0 amide bonds. The summed E-state index contributed by atoms with van der Waals surface area (Å²) in [6.07, 6.45) is 0. The van der Waals surface area contributed by atoms with Gasteiger partial charge in [-0.25, -0.2) is 0 Å². The maximum absolute atomic E-state index is 3.90. The molecule has 0 nitrogen and oxygen atoms in total. The number of halogens is 1. The summed E-state index contributed by atoms with van der Waals surface area (Å²) in [6, 6.07) is 51.2. The number of fused-ring (bicyclic) bond motifs is 10. The van der Waals surface area contributed by atoms with Crippen LogP contribution in [0, 0.1) is 0 Å². The Balaban J connectivity index is 1.38. The van der Waals surface area contributed by atoms with Crippen LogP contribution in [-0.4, -0.2) is 0 Å². The van der Waals surface area contributed by atoms with Crippen molar-refractivity contribution in [3.8, 4) is 44.5 Å². The Kier molecular flexibility index (Phi) is 4.68. The van der Waals surface area contributed by atoms with Crippen LogP contribution >= 0.6 is 15.9 Å². The normalized spacial score (nSPS) is 16.1. The molecular weight excluding hydrogens is 524 g/mol. The van der Waals surface area contributed by atoms with Crippen molar-refractivity contribution in [1.29, 1.82) is 0 Å². The van der Waals surface area contributed by atoms with Gasteiger partial charge in [0, 0.05) is 10.0 Å². The van der Waals surface area contributed by atoms with E-state index in [2.05, 4.69) is 155 Å². The summed E-state index contributed by atoms with van der Waals surface area (Å²) in [5.74, 6) is 0. The molecule has 38 heavy (non-hydrogen) atoms. The van der Waals surface area contributed by atoms with Crippen LogP contribution in [0.15, 0.2) is 144 Å². The van der Waals surface area contributed by atoms with Gasteiger partial charge in [0.05, 0.1) is 5.41 Å². The minimum atomic E-state index is -0.332. The molecule has 8 rings (SSSR count). The number of hydrogen-bond donors (Lipinski definition) is 0. The van der Waals surface area contributed by atoms with Gasteiger partial charge in [0.2, 0.25) is 0 Å². The van der Waals surface area contributed by atoms with Crippen molar-refractivity contribution in [3.63, 3.8) is 0 Å². The first kappa shape index (κ1) is 21.8. The Bertz CT molecular complexity index is 1860. The fourth-order valence-electron chi connectivity index (χ4n) is 6.81. The molecule has 2 aliphatic carbocycles. The number of hydrogen-bond acceptors (Lipinski definition) is 0. The van der Waals surface area contributed by atoms with Crippen molar-refractivity contribution in [2.45, 2.75) is 5.41 Å². The highest BCUT2D eigenvalue weighted by molar-refractivity contribution is 9.10. The Hall–Kier alpha value is -4.20. The van der Waals surface area contributed by atoms with E-state index in [4.69, 9.17) is 0 Å². The molecule has 0 fully saturated rings. The van der Waals surface area contributed by atoms with Crippen LogP contribution in [-0.2, 0) is 5.41 Å². The van der Waals surface area contributed by atoms with E-state index in [1.807, 2.05) is 0 Å². The molecule has 0 radical (unpaired) electrons. The molecule has 2 aliphatic rings. The van der Waals surface area contributed by atoms with E-state index in [0.29, 0.717) is 0 Å². The van der Waals surface area contributed by atoms with Gasteiger partial charge in [0.1, 0.15) is 0 Å². The maximum Gasteiger partial charge on any atom is 0.0726 e. The molecule has 0 aliphatic heterocycles. The zero-order valence-electron chi connectivity index (χ0n) is 20.7. The first-order valence-electron chi connectivity index (χ1n) is 13.1. The molecular formula is C37H23Br. The van der Waals surface area contributed by atoms with E-state index < -0.39 is 0 Å². The van der Waals surface area contributed by atoms with Crippen LogP contribution in [0.25, 0.3) is 44.5 Å². The lowest BCUT2D eigenvalue weighted by Crippen LogP contribution is -2.25. The van der Waals surface area contributed by atoms with Gasteiger partial charge in [-0.2, -0.15) is 0 Å². The van der Waals surface area contributed by atoms with E-state index in [9.17, 15) is 0 Å². The SMILES string of the molecule is Brc1cccc2c1-c1ccccc1C21c2ccccc2-c2ccc(-c3ccc(-c4ccccc4)cc3)cc21. The third kappa shape index (κ3) is 2.85. The van der Waals surface area contributed by atoms with Crippen molar-refractivity contribution in [1.82, 2.24) is 0 Å². The average molecular weight is 547 g/mol. The summed E-state index contributed by atoms with van der Waals surface area (Å²) < 4.78 is 1.15. The first-order valence-corrected chi connectivity index (χ1v) is 13.9. The minimum absolute atomic E-state index is 0.332. The number of benzene rings is 6. The molecule has 1 unspecified atom stereocenters. The van der Waals surface area contributed by atoms with Gasteiger partial charge < -0.3 is 0 Å².